The quantitative estimate of drug-likeness (QED) is 0.787. The number of carbonyl (C=O) groups is 1. The van der Waals surface area contributed by atoms with E-state index in [1.165, 1.54) is 43.9 Å². The molecule has 0 radical (unpaired) electrons. The molecule has 6 heteroatoms. The summed E-state index contributed by atoms with van der Waals surface area (Å²) in [5, 5.41) is 3.11. The monoisotopic (exact) mass is 329 g/mol. The Balaban J connectivity index is 0.00000220. The van der Waals surface area contributed by atoms with Gasteiger partial charge in [-0.05, 0) is 30.9 Å². The van der Waals surface area contributed by atoms with E-state index < -0.39 is 0 Å². The minimum Gasteiger partial charge on any atom is -0.351 e. The second-order valence-corrected chi connectivity index (χ2v) is 6.33. The molecular formula is C15H24ClN3OS. The molecule has 1 atom stereocenters. The van der Waals surface area contributed by atoms with Gasteiger partial charge >= 0.3 is 0 Å². The number of thioether (sulfide) groups is 1. The first kappa shape index (κ1) is 18.3. The van der Waals surface area contributed by atoms with Crippen LogP contribution in [0.1, 0.15) is 32.1 Å². The normalized spacial score (nSPS) is 16.8. The van der Waals surface area contributed by atoms with Crippen LogP contribution in [-0.4, -0.2) is 29.2 Å². The summed E-state index contributed by atoms with van der Waals surface area (Å²) in [5.74, 6) is 1.07. The highest BCUT2D eigenvalue weighted by Gasteiger charge is 2.23. The van der Waals surface area contributed by atoms with Crippen LogP contribution in [0.4, 0.5) is 0 Å². The van der Waals surface area contributed by atoms with Gasteiger partial charge in [0.05, 0.1) is 5.75 Å². The van der Waals surface area contributed by atoms with Crippen molar-refractivity contribution < 1.29 is 4.79 Å². The first-order valence-corrected chi connectivity index (χ1v) is 8.30. The SMILES string of the molecule is Cl.NCC(NC(=O)CSc1ccncc1)C1CCCCC1. The summed E-state index contributed by atoms with van der Waals surface area (Å²) in [6.45, 7) is 0.538. The van der Waals surface area contributed by atoms with Gasteiger partial charge in [-0.15, -0.1) is 24.2 Å². The van der Waals surface area contributed by atoms with E-state index in [9.17, 15) is 4.79 Å². The predicted octanol–water partition coefficient (Wildman–Crippen LogP) is 2.62. The fourth-order valence-corrected chi connectivity index (χ4v) is 3.43. The Morgan fingerprint density at radius 3 is 2.62 bits per heavy atom. The van der Waals surface area contributed by atoms with Gasteiger partial charge in [0, 0.05) is 29.9 Å². The van der Waals surface area contributed by atoms with Gasteiger partial charge in [-0.2, -0.15) is 0 Å². The molecule has 1 saturated carbocycles. The van der Waals surface area contributed by atoms with Crippen LogP contribution < -0.4 is 11.1 Å². The molecule has 1 fully saturated rings. The zero-order valence-electron chi connectivity index (χ0n) is 12.2. The second kappa shape index (κ2) is 10.0. The molecular weight excluding hydrogens is 306 g/mol. The van der Waals surface area contributed by atoms with Gasteiger partial charge in [-0.25, -0.2) is 0 Å². The van der Waals surface area contributed by atoms with E-state index in [2.05, 4.69) is 10.3 Å². The van der Waals surface area contributed by atoms with Gasteiger partial charge in [0.1, 0.15) is 0 Å². The Kier molecular flexibility index (Phi) is 8.73. The number of halogens is 1. The van der Waals surface area contributed by atoms with Crippen LogP contribution in [0.3, 0.4) is 0 Å². The summed E-state index contributed by atoms with van der Waals surface area (Å²) in [4.78, 5) is 17.1. The summed E-state index contributed by atoms with van der Waals surface area (Å²) < 4.78 is 0. The topological polar surface area (TPSA) is 68.0 Å². The minimum atomic E-state index is 0. The molecule has 1 aliphatic rings. The predicted molar refractivity (Wildman–Crippen MR) is 89.8 cm³/mol. The van der Waals surface area contributed by atoms with Crippen molar-refractivity contribution in [3.63, 3.8) is 0 Å². The van der Waals surface area contributed by atoms with Crippen LogP contribution in [-0.2, 0) is 4.79 Å². The van der Waals surface area contributed by atoms with Gasteiger partial charge < -0.3 is 11.1 Å². The van der Waals surface area contributed by atoms with E-state index >= 15 is 0 Å². The molecule has 0 bridgehead atoms. The Morgan fingerprint density at radius 2 is 2.00 bits per heavy atom. The minimum absolute atomic E-state index is 0. The Bertz CT molecular complexity index is 413. The highest BCUT2D eigenvalue weighted by Crippen LogP contribution is 2.26. The first-order chi connectivity index (χ1) is 9.79. The molecule has 1 aromatic rings. The van der Waals surface area contributed by atoms with Gasteiger partial charge in [-0.3, -0.25) is 9.78 Å². The Morgan fingerprint density at radius 1 is 1.33 bits per heavy atom. The Labute approximate surface area is 137 Å². The number of nitrogens with two attached hydrogens (primary N) is 1. The molecule has 1 unspecified atom stereocenters. The van der Waals surface area contributed by atoms with E-state index in [0.29, 0.717) is 18.2 Å². The maximum Gasteiger partial charge on any atom is 0.230 e. The third-order valence-electron chi connectivity index (χ3n) is 3.84. The molecule has 2 rings (SSSR count). The average molecular weight is 330 g/mol. The van der Waals surface area contributed by atoms with Gasteiger partial charge in [0.25, 0.3) is 0 Å². The van der Waals surface area contributed by atoms with E-state index in [1.54, 1.807) is 12.4 Å². The van der Waals surface area contributed by atoms with Crippen LogP contribution in [0.25, 0.3) is 0 Å². The summed E-state index contributed by atoms with van der Waals surface area (Å²) in [6, 6.07) is 3.97. The van der Waals surface area contributed by atoms with E-state index in [4.69, 9.17) is 5.73 Å². The molecule has 21 heavy (non-hydrogen) atoms. The number of carbonyl (C=O) groups excluding carboxylic acids is 1. The standard InChI is InChI=1S/C15H23N3OS.ClH/c16-10-14(12-4-2-1-3-5-12)18-15(19)11-20-13-6-8-17-9-7-13;/h6-9,12,14H,1-5,10-11,16H2,(H,18,19);1H. The van der Waals surface area contributed by atoms with E-state index in [0.717, 1.165) is 4.90 Å². The number of nitrogens with zero attached hydrogens (tertiary/aromatic N) is 1. The maximum atomic E-state index is 12.0. The zero-order chi connectivity index (χ0) is 14.2. The van der Waals surface area contributed by atoms with Crippen LogP contribution in [0.2, 0.25) is 0 Å². The fourth-order valence-electron chi connectivity index (χ4n) is 2.74. The van der Waals surface area contributed by atoms with Crippen molar-refractivity contribution in [3.8, 4) is 0 Å². The van der Waals surface area contributed by atoms with Crippen molar-refractivity contribution in [1.82, 2.24) is 10.3 Å². The Hall–Kier alpha value is -0.780. The van der Waals surface area contributed by atoms with Gasteiger partial charge in [0.2, 0.25) is 5.91 Å². The van der Waals surface area contributed by atoms with Crippen molar-refractivity contribution in [3.05, 3.63) is 24.5 Å². The molecule has 0 aromatic carbocycles. The highest BCUT2D eigenvalue weighted by molar-refractivity contribution is 8.00. The van der Waals surface area contributed by atoms with Crippen LogP contribution in [0.15, 0.2) is 29.4 Å². The molecule has 0 aliphatic heterocycles. The lowest BCUT2D eigenvalue weighted by molar-refractivity contribution is -0.119. The van der Waals surface area contributed by atoms with Crippen LogP contribution in [0, 0.1) is 5.92 Å². The number of rotatable bonds is 6. The number of aromatic nitrogens is 1. The molecule has 1 aromatic heterocycles. The molecule has 3 N–H and O–H groups in total. The summed E-state index contributed by atoms with van der Waals surface area (Å²) in [5.41, 5.74) is 5.83. The van der Waals surface area contributed by atoms with Crippen molar-refractivity contribution in [1.29, 1.82) is 0 Å². The fraction of sp³-hybridized carbons (Fsp3) is 0.600. The molecule has 118 valence electrons. The number of nitrogens with one attached hydrogen (secondary N) is 1. The molecule has 1 amide bonds. The maximum absolute atomic E-state index is 12.0. The van der Waals surface area contributed by atoms with E-state index in [-0.39, 0.29) is 24.4 Å². The average Bonchev–Trinajstić information content (AvgIpc) is 2.52. The van der Waals surface area contributed by atoms with Crippen molar-refractivity contribution in [2.24, 2.45) is 11.7 Å². The molecule has 0 saturated heterocycles. The van der Waals surface area contributed by atoms with Crippen molar-refractivity contribution >= 4 is 30.1 Å². The molecule has 0 spiro atoms. The lowest BCUT2D eigenvalue weighted by atomic mass is 9.84. The second-order valence-electron chi connectivity index (χ2n) is 5.28. The zero-order valence-corrected chi connectivity index (χ0v) is 13.8. The smallest absolute Gasteiger partial charge is 0.230 e. The third kappa shape index (κ3) is 6.24. The van der Waals surface area contributed by atoms with Gasteiger partial charge in [-0.1, -0.05) is 19.3 Å². The first-order valence-electron chi connectivity index (χ1n) is 7.32. The summed E-state index contributed by atoms with van der Waals surface area (Å²) in [7, 11) is 0. The van der Waals surface area contributed by atoms with Crippen molar-refractivity contribution in [2.75, 3.05) is 12.3 Å². The molecule has 1 heterocycles. The lowest BCUT2D eigenvalue weighted by Crippen LogP contribution is -2.46. The molecule has 4 nitrogen and oxygen atoms in total. The largest absolute Gasteiger partial charge is 0.351 e. The van der Waals surface area contributed by atoms with Crippen molar-refractivity contribution in [2.45, 2.75) is 43.0 Å². The summed E-state index contributed by atoms with van der Waals surface area (Å²) in [6.07, 6.45) is 9.72. The van der Waals surface area contributed by atoms with Crippen LogP contribution >= 0.6 is 24.2 Å². The number of hydrogen-bond donors (Lipinski definition) is 2. The van der Waals surface area contributed by atoms with Gasteiger partial charge in [0.15, 0.2) is 0 Å². The lowest BCUT2D eigenvalue weighted by Gasteiger charge is -2.30. The number of hydrogen-bond acceptors (Lipinski definition) is 4. The number of pyridine rings is 1. The van der Waals surface area contributed by atoms with Crippen LogP contribution in [0.5, 0.6) is 0 Å². The number of amides is 1. The van der Waals surface area contributed by atoms with E-state index in [1.807, 2.05) is 12.1 Å². The highest BCUT2D eigenvalue weighted by atomic mass is 35.5. The summed E-state index contributed by atoms with van der Waals surface area (Å²) >= 11 is 1.53. The third-order valence-corrected chi connectivity index (χ3v) is 4.85. The molecule has 1 aliphatic carbocycles.